The molecular weight excluding hydrogens is 389 g/mol. The predicted molar refractivity (Wildman–Crippen MR) is 118 cm³/mol. The summed E-state index contributed by atoms with van der Waals surface area (Å²) in [4.78, 5) is 1.95. The van der Waals surface area contributed by atoms with Crippen LogP contribution in [0, 0.1) is 5.92 Å². The average Bonchev–Trinajstić information content (AvgIpc) is 2.72. The molecule has 0 fully saturated rings. The topological polar surface area (TPSA) is 68.2 Å². The SMILES string of the molecule is COc1ccc(OC)c([C@@H](O)[P@](=O)(OCCC(C)C)c2ccc(N(C)C)cc2)c1. The normalized spacial score (nSPS) is 14.3. The molecule has 0 unspecified atom stereocenters. The van der Waals surface area contributed by atoms with E-state index in [2.05, 4.69) is 13.8 Å². The van der Waals surface area contributed by atoms with Crippen LogP contribution in [0.1, 0.15) is 31.7 Å². The van der Waals surface area contributed by atoms with E-state index >= 15 is 0 Å². The molecule has 0 saturated carbocycles. The van der Waals surface area contributed by atoms with E-state index in [4.69, 9.17) is 14.0 Å². The summed E-state index contributed by atoms with van der Waals surface area (Å²) in [6.45, 7) is 4.43. The summed E-state index contributed by atoms with van der Waals surface area (Å²) in [5, 5.41) is 11.7. The number of hydrogen-bond donors (Lipinski definition) is 1. The van der Waals surface area contributed by atoms with Crippen LogP contribution in [0.25, 0.3) is 0 Å². The van der Waals surface area contributed by atoms with Gasteiger partial charge in [-0.25, -0.2) is 0 Å². The van der Waals surface area contributed by atoms with Gasteiger partial charge >= 0.3 is 0 Å². The van der Waals surface area contributed by atoms with Crippen molar-refractivity contribution in [2.24, 2.45) is 5.92 Å². The lowest BCUT2D eigenvalue weighted by Gasteiger charge is -2.26. The Morgan fingerprint density at radius 2 is 1.69 bits per heavy atom. The Morgan fingerprint density at radius 3 is 2.21 bits per heavy atom. The zero-order chi connectivity index (χ0) is 21.6. The van der Waals surface area contributed by atoms with E-state index in [-0.39, 0.29) is 6.61 Å². The second-order valence-corrected chi connectivity index (χ2v) is 9.96. The molecule has 0 heterocycles. The zero-order valence-electron chi connectivity index (χ0n) is 18.1. The van der Waals surface area contributed by atoms with E-state index in [0.717, 1.165) is 12.1 Å². The minimum Gasteiger partial charge on any atom is -0.497 e. The van der Waals surface area contributed by atoms with Crippen molar-refractivity contribution in [1.82, 2.24) is 0 Å². The van der Waals surface area contributed by atoms with Gasteiger partial charge in [-0.3, -0.25) is 4.57 Å². The highest BCUT2D eigenvalue weighted by atomic mass is 31.2. The highest BCUT2D eigenvalue weighted by Gasteiger charge is 2.38. The zero-order valence-corrected chi connectivity index (χ0v) is 19.0. The molecule has 0 bridgehead atoms. The van der Waals surface area contributed by atoms with E-state index in [1.165, 1.54) is 14.2 Å². The van der Waals surface area contributed by atoms with E-state index in [0.29, 0.717) is 28.3 Å². The van der Waals surface area contributed by atoms with Crippen LogP contribution in [0.3, 0.4) is 0 Å². The Kier molecular flexibility index (Phi) is 8.14. The van der Waals surface area contributed by atoms with Crippen LogP contribution < -0.4 is 19.7 Å². The van der Waals surface area contributed by atoms with E-state index in [1.807, 2.05) is 31.1 Å². The molecule has 2 aromatic rings. The Bertz CT molecular complexity index is 836. The summed E-state index contributed by atoms with van der Waals surface area (Å²) in [6.07, 6.45) is 0.738. The van der Waals surface area contributed by atoms with Gasteiger partial charge in [0.05, 0.1) is 20.8 Å². The first-order valence-electron chi connectivity index (χ1n) is 9.65. The molecule has 0 saturated heterocycles. The first-order valence-corrected chi connectivity index (χ1v) is 11.3. The smallest absolute Gasteiger partial charge is 0.264 e. The number of benzene rings is 2. The predicted octanol–water partition coefficient (Wildman–Crippen LogP) is 4.43. The minimum absolute atomic E-state index is 0.285. The number of anilines is 1. The average molecular weight is 421 g/mol. The number of hydrogen-bond acceptors (Lipinski definition) is 6. The summed E-state index contributed by atoms with van der Waals surface area (Å²) < 4.78 is 30.6. The minimum atomic E-state index is -3.66. The molecule has 2 rings (SSSR count). The summed E-state index contributed by atoms with van der Waals surface area (Å²) in [6, 6.07) is 12.3. The molecule has 1 N–H and O–H groups in total. The van der Waals surface area contributed by atoms with Gasteiger partial charge in [0.25, 0.3) is 7.37 Å². The molecule has 0 aliphatic carbocycles. The van der Waals surface area contributed by atoms with Gasteiger partial charge < -0.3 is 24.0 Å². The fourth-order valence-corrected chi connectivity index (χ4v) is 4.98. The third-order valence-corrected chi connectivity index (χ3v) is 7.25. The van der Waals surface area contributed by atoms with Crippen LogP contribution in [0.15, 0.2) is 42.5 Å². The van der Waals surface area contributed by atoms with Crippen molar-refractivity contribution in [1.29, 1.82) is 0 Å². The fourth-order valence-electron chi connectivity index (χ4n) is 2.89. The van der Waals surface area contributed by atoms with Crippen LogP contribution >= 0.6 is 7.37 Å². The molecule has 6 nitrogen and oxygen atoms in total. The third-order valence-electron chi connectivity index (χ3n) is 4.74. The van der Waals surface area contributed by atoms with Gasteiger partial charge in [-0.05, 0) is 54.8 Å². The molecule has 2 atom stereocenters. The largest absolute Gasteiger partial charge is 0.497 e. The van der Waals surface area contributed by atoms with E-state index in [9.17, 15) is 9.67 Å². The number of methoxy groups -OCH3 is 2. The molecule has 0 spiro atoms. The van der Waals surface area contributed by atoms with Crippen molar-refractivity contribution in [3.05, 3.63) is 48.0 Å². The quantitative estimate of drug-likeness (QED) is 0.573. The lowest BCUT2D eigenvalue weighted by molar-refractivity contribution is 0.205. The third kappa shape index (κ3) is 5.53. The number of nitrogens with zero attached hydrogens (tertiary/aromatic N) is 1. The maximum atomic E-state index is 14.1. The van der Waals surface area contributed by atoms with Crippen LogP contribution in [-0.2, 0) is 9.09 Å². The lowest BCUT2D eigenvalue weighted by Crippen LogP contribution is -2.17. The van der Waals surface area contributed by atoms with Gasteiger partial charge in [-0.1, -0.05) is 13.8 Å². The number of aliphatic hydroxyl groups excluding tert-OH is 1. The second-order valence-electron chi connectivity index (χ2n) is 7.51. The molecule has 0 aliphatic rings. The molecule has 0 radical (unpaired) electrons. The summed E-state index contributed by atoms with van der Waals surface area (Å²) >= 11 is 0. The molecule has 2 aromatic carbocycles. The molecule has 0 amide bonds. The number of aliphatic hydroxyl groups is 1. The van der Waals surface area contributed by atoms with Crippen molar-refractivity contribution in [3.8, 4) is 11.5 Å². The molecule has 0 aliphatic heterocycles. The van der Waals surface area contributed by atoms with E-state index < -0.39 is 13.2 Å². The maximum absolute atomic E-state index is 14.1. The van der Waals surface area contributed by atoms with Crippen molar-refractivity contribution in [2.75, 3.05) is 39.8 Å². The molecule has 7 heteroatoms. The number of ether oxygens (including phenoxy) is 2. The monoisotopic (exact) mass is 421 g/mol. The van der Waals surface area contributed by atoms with Gasteiger partial charge in [-0.15, -0.1) is 0 Å². The van der Waals surface area contributed by atoms with Gasteiger partial charge in [-0.2, -0.15) is 0 Å². The van der Waals surface area contributed by atoms with Gasteiger partial charge in [0.2, 0.25) is 0 Å². The van der Waals surface area contributed by atoms with Crippen molar-refractivity contribution < 1.29 is 23.7 Å². The first kappa shape index (κ1) is 23.3. The Hall–Kier alpha value is -2.01. The fraction of sp³-hybridized carbons (Fsp3) is 0.455. The summed E-state index contributed by atoms with van der Waals surface area (Å²) in [5.41, 5.74) is 1.34. The highest BCUT2D eigenvalue weighted by Crippen LogP contribution is 2.59. The standard InChI is InChI=1S/C22H32NO5P/c1-16(2)13-14-28-29(25,19-10-7-17(8-11-19)23(3)4)22(24)20-15-18(26-5)9-12-21(20)27-6/h7-12,15-16,22,24H,13-14H2,1-6H3/t22-,29+/m0/s1. The van der Waals surface area contributed by atoms with Crippen molar-refractivity contribution in [3.63, 3.8) is 0 Å². The van der Waals surface area contributed by atoms with E-state index in [1.54, 1.807) is 30.3 Å². The maximum Gasteiger partial charge on any atom is 0.264 e. The van der Waals surface area contributed by atoms with Crippen molar-refractivity contribution >= 4 is 18.4 Å². The highest BCUT2D eigenvalue weighted by molar-refractivity contribution is 7.67. The Labute approximate surface area is 173 Å². The molecule has 160 valence electrons. The first-order chi connectivity index (χ1) is 13.7. The van der Waals surface area contributed by atoms with Crippen LogP contribution in [0.4, 0.5) is 5.69 Å². The van der Waals surface area contributed by atoms with Crippen molar-refractivity contribution in [2.45, 2.75) is 26.1 Å². The van der Waals surface area contributed by atoms with Gasteiger partial charge in [0, 0.05) is 30.7 Å². The summed E-state index contributed by atoms with van der Waals surface area (Å²) in [7, 11) is 3.26. The lowest BCUT2D eigenvalue weighted by atomic mass is 10.2. The van der Waals surface area contributed by atoms with Crippen LogP contribution in [0.5, 0.6) is 11.5 Å². The molecular formula is C22H32NO5P. The second kappa shape index (κ2) is 10.1. The number of rotatable bonds is 10. The molecule has 0 aromatic heterocycles. The van der Waals surface area contributed by atoms with Gasteiger partial charge in [0.1, 0.15) is 11.5 Å². The molecule has 29 heavy (non-hydrogen) atoms. The van der Waals surface area contributed by atoms with Crippen LogP contribution in [0.2, 0.25) is 0 Å². The van der Waals surface area contributed by atoms with Gasteiger partial charge in [0.15, 0.2) is 5.85 Å². The summed E-state index contributed by atoms with van der Waals surface area (Å²) in [5.74, 6) is -0.0274. The Morgan fingerprint density at radius 1 is 1.03 bits per heavy atom. The Balaban J connectivity index is 2.50. The van der Waals surface area contributed by atoms with Crippen LogP contribution in [-0.4, -0.2) is 40.0 Å².